The number of amides is 2. The van der Waals surface area contributed by atoms with E-state index in [9.17, 15) is 4.79 Å². The van der Waals surface area contributed by atoms with Gasteiger partial charge >= 0.3 is 6.03 Å². The number of hydrogen-bond acceptors (Lipinski definition) is 4. The summed E-state index contributed by atoms with van der Waals surface area (Å²) in [5, 5.41) is 3.87. The first-order chi connectivity index (χ1) is 10.2. The van der Waals surface area contributed by atoms with Crippen molar-refractivity contribution < 1.29 is 9.53 Å². The summed E-state index contributed by atoms with van der Waals surface area (Å²) in [6.45, 7) is 1.92. The van der Waals surface area contributed by atoms with Crippen molar-refractivity contribution in [1.82, 2.24) is 15.2 Å². The second-order valence-corrected chi connectivity index (χ2v) is 6.37. The van der Waals surface area contributed by atoms with E-state index in [0.717, 1.165) is 34.7 Å². The van der Waals surface area contributed by atoms with E-state index in [1.165, 1.54) is 0 Å². The Morgan fingerprint density at radius 3 is 3.14 bits per heavy atom. The van der Waals surface area contributed by atoms with Crippen LogP contribution in [0.3, 0.4) is 0 Å². The number of rotatable bonds is 4. The smallest absolute Gasteiger partial charge is 0.317 e. The van der Waals surface area contributed by atoms with Crippen LogP contribution in [0.15, 0.2) is 24.3 Å². The number of nitrogens with one attached hydrogen (secondary N) is 1. The maximum Gasteiger partial charge on any atom is 0.317 e. The molecule has 1 aromatic heterocycles. The van der Waals surface area contributed by atoms with Gasteiger partial charge in [-0.1, -0.05) is 12.1 Å². The molecule has 112 valence electrons. The molecule has 2 heterocycles. The molecule has 1 aliphatic rings. The van der Waals surface area contributed by atoms with Crippen molar-refractivity contribution in [2.45, 2.75) is 25.5 Å². The Hall–Kier alpha value is -1.66. The lowest BCUT2D eigenvalue weighted by atomic mass is 10.2. The Morgan fingerprint density at radius 2 is 2.38 bits per heavy atom. The van der Waals surface area contributed by atoms with Crippen LogP contribution in [0.2, 0.25) is 0 Å². The van der Waals surface area contributed by atoms with Gasteiger partial charge in [-0.3, -0.25) is 0 Å². The van der Waals surface area contributed by atoms with Crippen LogP contribution in [0.4, 0.5) is 4.79 Å². The Kier molecular flexibility index (Phi) is 4.36. The van der Waals surface area contributed by atoms with Crippen LogP contribution in [0, 0.1) is 0 Å². The van der Waals surface area contributed by atoms with E-state index >= 15 is 0 Å². The summed E-state index contributed by atoms with van der Waals surface area (Å²) in [4.78, 5) is 18.3. The van der Waals surface area contributed by atoms with Gasteiger partial charge in [-0.2, -0.15) is 0 Å². The topological polar surface area (TPSA) is 54.5 Å². The highest BCUT2D eigenvalue weighted by molar-refractivity contribution is 7.18. The van der Waals surface area contributed by atoms with Gasteiger partial charge in [0, 0.05) is 20.2 Å². The molecule has 1 aromatic carbocycles. The molecular formula is C15H19N3O2S. The van der Waals surface area contributed by atoms with E-state index in [4.69, 9.17) is 4.74 Å². The van der Waals surface area contributed by atoms with E-state index in [2.05, 4.69) is 10.3 Å². The van der Waals surface area contributed by atoms with Gasteiger partial charge in [-0.05, 0) is 25.0 Å². The number of carbonyl (C=O) groups is 1. The van der Waals surface area contributed by atoms with Gasteiger partial charge < -0.3 is 15.0 Å². The van der Waals surface area contributed by atoms with Crippen molar-refractivity contribution in [2.75, 3.05) is 20.2 Å². The summed E-state index contributed by atoms with van der Waals surface area (Å²) in [6.07, 6.45) is 2.29. The van der Waals surface area contributed by atoms with E-state index in [-0.39, 0.29) is 12.1 Å². The molecular weight excluding hydrogens is 286 g/mol. The van der Waals surface area contributed by atoms with E-state index in [1.54, 1.807) is 23.3 Å². The van der Waals surface area contributed by atoms with Crippen molar-refractivity contribution in [3.8, 4) is 0 Å². The number of hydrogen-bond donors (Lipinski definition) is 1. The number of carbonyl (C=O) groups excluding carboxylic acids is 1. The fourth-order valence-corrected chi connectivity index (χ4v) is 3.42. The Morgan fingerprint density at radius 1 is 1.52 bits per heavy atom. The first kappa shape index (κ1) is 14.3. The molecule has 0 radical (unpaired) electrons. The molecule has 5 nitrogen and oxygen atoms in total. The van der Waals surface area contributed by atoms with Gasteiger partial charge in [0.1, 0.15) is 5.01 Å². The predicted molar refractivity (Wildman–Crippen MR) is 83.5 cm³/mol. The number of para-hydroxylation sites is 1. The number of nitrogens with zero attached hydrogens (tertiary/aromatic N) is 2. The van der Waals surface area contributed by atoms with Gasteiger partial charge in [0.05, 0.1) is 22.9 Å². The fraction of sp³-hybridized carbons (Fsp3) is 0.467. The van der Waals surface area contributed by atoms with E-state index in [0.29, 0.717) is 13.1 Å². The number of benzene rings is 1. The van der Waals surface area contributed by atoms with Gasteiger partial charge in [-0.25, -0.2) is 9.78 Å². The Balaban J connectivity index is 1.54. The van der Waals surface area contributed by atoms with Crippen molar-refractivity contribution in [2.24, 2.45) is 0 Å². The summed E-state index contributed by atoms with van der Waals surface area (Å²) < 4.78 is 6.65. The lowest BCUT2D eigenvalue weighted by Crippen LogP contribution is -2.40. The van der Waals surface area contributed by atoms with Crippen LogP contribution in [-0.4, -0.2) is 42.2 Å². The van der Waals surface area contributed by atoms with Gasteiger partial charge in [0.25, 0.3) is 0 Å². The molecule has 3 rings (SSSR count). The molecule has 1 fully saturated rings. The fourth-order valence-electron chi connectivity index (χ4n) is 2.40. The van der Waals surface area contributed by atoms with Gasteiger partial charge in [0.2, 0.25) is 0 Å². The number of ether oxygens (including phenoxy) is 1. The lowest BCUT2D eigenvalue weighted by Gasteiger charge is -2.18. The zero-order valence-corrected chi connectivity index (χ0v) is 12.9. The van der Waals surface area contributed by atoms with Crippen molar-refractivity contribution in [3.63, 3.8) is 0 Å². The minimum absolute atomic E-state index is 0.0789. The third-order valence-corrected chi connectivity index (χ3v) is 4.58. The monoisotopic (exact) mass is 305 g/mol. The van der Waals surface area contributed by atoms with Crippen LogP contribution in [-0.2, 0) is 11.3 Å². The first-order valence-electron chi connectivity index (χ1n) is 7.17. The third kappa shape index (κ3) is 3.51. The molecule has 1 unspecified atom stereocenters. The average molecular weight is 305 g/mol. The number of urea groups is 1. The molecule has 21 heavy (non-hydrogen) atoms. The first-order valence-corrected chi connectivity index (χ1v) is 7.99. The average Bonchev–Trinajstić information content (AvgIpc) is 3.13. The molecule has 1 atom stereocenters. The van der Waals surface area contributed by atoms with Crippen LogP contribution in [0.5, 0.6) is 0 Å². The zero-order valence-electron chi connectivity index (χ0n) is 12.0. The second kappa shape index (κ2) is 6.41. The Labute approximate surface area is 127 Å². The van der Waals surface area contributed by atoms with Gasteiger partial charge in [-0.15, -0.1) is 11.3 Å². The minimum atomic E-state index is -0.0789. The molecule has 0 saturated carbocycles. The highest BCUT2D eigenvalue weighted by Gasteiger charge is 2.18. The van der Waals surface area contributed by atoms with Crippen LogP contribution >= 0.6 is 11.3 Å². The van der Waals surface area contributed by atoms with Crippen LogP contribution < -0.4 is 5.32 Å². The molecule has 0 bridgehead atoms. The number of thiazole rings is 1. The lowest BCUT2D eigenvalue weighted by molar-refractivity contribution is 0.109. The molecule has 6 heteroatoms. The molecule has 1 saturated heterocycles. The molecule has 0 aliphatic carbocycles. The van der Waals surface area contributed by atoms with Gasteiger partial charge in [0.15, 0.2) is 0 Å². The third-order valence-electron chi connectivity index (χ3n) is 3.56. The highest BCUT2D eigenvalue weighted by atomic mass is 32.1. The summed E-state index contributed by atoms with van der Waals surface area (Å²) in [5.74, 6) is 0. The molecule has 2 amide bonds. The van der Waals surface area contributed by atoms with E-state index in [1.807, 2.05) is 24.3 Å². The van der Waals surface area contributed by atoms with Crippen LogP contribution in [0.25, 0.3) is 10.2 Å². The maximum atomic E-state index is 12.1. The largest absolute Gasteiger partial charge is 0.376 e. The van der Waals surface area contributed by atoms with Crippen molar-refractivity contribution >= 4 is 27.6 Å². The highest BCUT2D eigenvalue weighted by Crippen LogP contribution is 2.22. The molecule has 0 spiro atoms. The van der Waals surface area contributed by atoms with Crippen molar-refractivity contribution in [1.29, 1.82) is 0 Å². The quantitative estimate of drug-likeness (QED) is 0.944. The van der Waals surface area contributed by atoms with Crippen LogP contribution in [0.1, 0.15) is 17.8 Å². The van der Waals surface area contributed by atoms with Crippen molar-refractivity contribution in [3.05, 3.63) is 29.3 Å². The predicted octanol–water partition coefficient (Wildman–Crippen LogP) is 2.62. The summed E-state index contributed by atoms with van der Waals surface area (Å²) in [7, 11) is 1.79. The number of aromatic nitrogens is 1. The summed E-state index contributed by atoms with van der Waals surface area (Å²) in [5.41, 5.74) is 0.991. The second-order valence-electron chi connectivity index (χ2n) is 5.25. The molecule has 1 N–H and O–H groups in total. The normalized spacial score (nSPS) is 18.0. The standard InChI is InChI=1S/C15H19N3O2S/c1-18(15(19)16-9-11-5-4-8-20-11)10-14-17-12-6-2-3-7-13(12)21-14/h2-3,6-7,11H,4-5,8-10H2,1H3,(H,16,19). The minimum Gasteiger partial charge on any atom is -0.376 e. The van der Waals surface area contributed by atoms with E-state index < -0.39 is 0 Å². The maximum absolute atomic E-state index is 12.1. The SMILES string of the molecule is CN(Cc1nc2ccccc2s1)C(=O)NCC1CCCO1. The number of fused-ring (bicyclic) bond motifs is 1. The Bertz CT molecular complexity index is 589. The molecule has 1 aliphatic heterocycles. The summed E-state index contributed by atoms with van der Waals surface area (Å²) in [6, 6.07) is 7.94. The molecule has 2 aromatic rings. The zero-order chi connectivity index (χ0) is 14.7. The summed E-state index contributed by atoms with van der Waals surface area (Å²) >= 11 is 1.63.